The van der Waals surface area contributed by atoms with Crippen molar-refractivity contribution in [3.05, 3.63) is 65.2 Å². The van der Waals surface area contributed by atoms with E-state index in [0.717, 1.165) is 16.7 Å². The first-order valence-electron chi connectivity index (χ1n) is 9.76. The van der Waals surface area contributed by atoms with Crippen molar-refractivity contribution < 1.29 is 14.3 Å². The van der Waals surface area contributed by atoms with Gasteiger partial charge in [-0.3, -0.25) is 9.59 Å². The fourth-order valence-corrected chi connectivity index (χ4v) is 2.96. The molecule has 0 saturated carbocycles. The van der Waals surface area contributed by atoms with Gasteiger partial charge >= 0.3 is 0 Å². The number of nitrogens with one attached hydrogen (secondary N) is 1. The van der Waals surface area contributed by atoms with Crippen LogP contribution in [-0.2, 0) is 16.1 Å². The molecule has 2 aromatic carbocycles. The molecule has 0 aliphatic rings. The third kappa shape index (κ3) is 6.12. The van der Waals surface area contributed by atoms with Gasteiger partial charge in [-0.05, 0) is 44.9 Å². The predicted molar refractivity (Wildman–Crippen MR) is 111 cm³/mol. The third-order valence-electron chi connectivity index (χ3n) is 4.59. The van der Waals surface area contributed by atoms with Gasteiger partial charge in [0.05, 0.1) is 0 Å². The second-order valence-electron chi connectivity index (χ2n) is 6.93. The number of aryl methyl sites for hydroxylation is 2. The van der Waals surface area contributed by atoms with Crippen molar-refractivity contribution in [2.24, 2.45) is 0 Å². The Bertz CT molecular complexity index is 769. The number of hydrogen-bond donors (Lipinski definition) is 1. The Morgan fingerprint density at radius 1 is 0.964 bits per heavy atom. The van der Waals surface area contributed by atoms with Gasteiger partial charge in [0, 0.05) is 13.1 Å². The van der Waals surface area contributed by atoms with E-state index in [1.807, 2.05) is 76.2 Å². The summed E-state index contributed by atoms with van der Waals surface area (Å²) in [5.74, 6) is 0.292. The minimum atomic E-state index is -0.532. The number of amides is 2. The topological polar surface area (TPSA) is 58.6 Å². The molecular weight excluding hydrogens is 352 g/mol. The molecule has 150 valence electrons. The van der Waals surface area contributed by atoms with Gasteiger partial charge in [0.1, 0.15) is 11.8 Å². The maximum absolute atomic E-state index is 13.0. The lowest BCUT2D eigenvalue weighted by Gasteiger charge is -2.30. The van der Waals surface area contributed by atoms with Gasteiger partial charge in [-0.25, -0.2) is 0 Å². The molecule has 0 saturated heterocycles. The van der Waals surface area contributed by atoms with Crippen molar-refractivity contribution in [1.82, 2.24) is 10.2 Å². The van der Waals surface area contributed by atoms with E-state index in [1.54, 1.807) is 4.90 Å². The highest BCUT2D eigenvalue weighted by molar-refractivity contribution is 5.88. The minimum absolute atomic E-state index is 0.106. The fraction of sp³-hybridized carbons (Fsp3) is 0.391. The Kier molecular flexibility index (Phi) is 8.05. The van der Waals surface area contributed by atoms with Crippen LogP contribution >= 0.6 is 0 Å². The Hall–Kier alpha value is -2.82. The Labute approximate surface area is 167 Å². The third-order valence-corrected chi connectivity index (χ3v) is 4.59. The standard InChI is InChI=1S/C23H30N2O3/c1-5-21(23(27)24-6-2)25(15-19-11-7-17(3)8-12-19)22(26)16-28-20-13-9-18(4)10-14-20/h7-14,21H,5-6,15-16H2,1-4H3,(H,24,27)/t21-/m0/s1. The molecule has 0 aliphatic heterocycles. The van der Waals surface area contributed by atoms with Crippen LogP contribution in [0.2, 0.25) is 0 Å². The Morgan fingerprint density at radius 2 is 1.54 bits per heavy atom. The van der Waals surface area contributed by atoms with Crippen LogP contribution in [-0.4, -0.2) is 35.9 Å². The molecule has 0 radical (unpaired) electrons. The van der Waals surface area contributed by atoms with Gasteiger partial charge in [-0.2, -0.15) is 0 Å². The quantitative estimate of drug-likeness (QED) is 0.721. The van der Waals surface area contributed by atoms with E-state index in [9.17, 15) is 9.59 Å². The summed E-state index contributed by atoms with van der Waals surface area (Å²) in [4.78, 5) is 27.1. The number of nitrogens with zero attached hydrogens (tertiary/aromatic N) is 1. The van der Waals surface area contributed by atoms with Crippen LogP contribution in [0.25, 0.3) is 0 Å². The highest BCUT2D eigenvalue weighted by atomic mass is 16.5. The average Bonchev–Trinajstić information content (AvgIpc) is 2.69. The molecule has 0 fully saturated rings. The van der Waals surface area contributed by atoms with Crippen LogP contribution in [0.3, 0.4) is 0 Å². The van der Waals surface area contributed by atoms with Crippen LogP contribution in [0.4, 0.5) is 0 Å². The number of carbonyl (C=O) groups is 2. The normalized spacial score (nSPS) is 11.6. The van der Waals surface area contributed by atoms with Crippen molar-refractivity contribution in [3.63, 3.8) is 0 Å². The summed E-state index contributed by atoms with van der Waals surface area (Å²) in [6.45, 7) is 8.59. The lowest BCUT2D eigenvalue weighted by atomic mass is 10.1. The minimum Gasteiger partial charge on any atom is -0.484 e. The van der Waals surface area contributed by atoms with Crippen molar-refractivity contribution in [2.75, 3.05) is 13.2 Å². The molecule has 1 N–H and O–H groups in total. The molecule has 0 unspecified atom stereocenters. The van der Waals surface area contributed by atoms with Crippen LogP contribution in [0.15, 0.2) is 48.5 Å². The predicted octanol–water partition coefficient (Wildman–Crippen LogP) is 3.63. The Morgan fingerprint density at radius 3 is 2.07 bits per heavy atom. The molecular formula is C23H30N2O3. The maximum Gasteiger partial charge on any atom is 0.261 e. The summed E-state index contributed by atoms with van der Waals surface area (Å²) in [6.07, 6.45) is 0.536. The fourth-order valence-electron chi connectivity index (χ4n) is 2.96. The molecule has 2 rings (SSSR count). The van der Waals surface area contributed by atoms with Crippen molar-refractivity contribution in [3.8, 4) is 5.75 Å². The smallest absolute Gasteiger partial charge is 0.261 e. The lowest BCUT2D eigenvalue weighted by molar-refractivity contribution is -0.142. The van der Waals surface area contributed by atoms with Crippen LogP contribution in [0, 0.1) is 13.8 Å². The van der Waals surface area contributed by atoms with E-state index in [2.05, 4.69) is 5.32 Å². The highest BCUT2D eigenvalue weighted by Gasteiger charge is 2.28. The van der Waals surface area contributed by atoms with Gasteiger partial charge < -0.3 is 15.0 Å². The summed E-state index contributed by atoms with van der Waals surface area (Å²) >= 11 is 0. The second-order valence-corrected chi connectivity index (χ2v) is 6.93. The van der Waals surface area contributed by atoms with E-state index >= 15 is 0 Å². The molecule has 5 nitrogen and oxygen atoms in total. The van der Waals surface area contributed by atoms with Gasteiger partial charge in [-0.15, -0.1) is 0 Å². The maximum atomic E-state index is 13.0. The van der Waals surface area contributed by atoms with E-state index < -0.39 is 6.04 Å². The Balaban J connectivity index is 2.16. The second kappa shape index (κ2) is 10.5. The number of benzene rings is 2. The van der Waals surface area contributed by atoms with Gasteiger partial charge in [-0.1, -0.05) is 54.4 Å². The molecule has 0 bridgehead atoms. The van der Waals surface area contributed by atoms with Crippen LogP contribution < -0.4 is 10.1 Å². The summed E-state index contributed by atoms with van der Waals surface area (Å²) in [6, 6.07) is 15.0. The summed E-state index contributed by atoms with van der Waals surface area (Å²) in [5, 5.41) is 2.83. The van der Waals surface area contributed by atoms with Crippen molar-refractivity contribution >= 4 is 11.8 Å². The van der Waals surface area contributed by atoms with E-state index in [4.69, 9.17) is 4.74 Å². The average molecular weight is 383 g/mol. The number of ether oxygens (including phenoxy) is 1. The molecule has 2 amide bonds. The largest absolute Gasteiger partial charge is 0.484 e. The first-order valence-corrected chi connectivity index (χ1v) is 9.76. The van der Waals surface area contributed by atoms with Gasteiger partial charge in [0.15, 0.2) is 6.61 Å². The van der Waals surface area contributed by atoms with Gasteiger partial charge in [0.2, 0.25) is 5.91 Å². The number of rotatable bonds is 9. The molecule has 0 aromatic heterocycles. The molecule has 0 heterocycles. The SMILES string of the molecule is CCNC(=O)[C@H](CC)N(Cc1ccc(C)cc1)C(=O)COc1ccc(C)cc1. The van der Waals surface area contributed by atoms with Crippen molar-refractivity contribution in [2.45, 2.75) is 46.7 Å². The number of carbonyl (C=O) groups excluding carboxylic acids is 2. The zero-order valence-corrected chi connectivity index (χ0v) is 17.2. The van der Waals surface area contributed by atoms with Crippen molar-refractivity contribution in [1.29, 1.82) is 0 Å². The van der Waals surface area contributed by atoms with E-state index in [1.165, 1.54) is 0 Å². The monoisotopic (exact) mass is 382 g/mol. The first kappa shape index (κ1) is 21.5. The molecule has 2 aromatic rings. The lowest BCUT2D eigenvalue weighted by Crippen LogP contribution is -2.50. The van der Waals surface area contributed by atoms with Crippen LogP contribution in [0.1, 0.15) is 37.0 Å². The summed E-state index contributed by atoms with van der Waals surface area (Å²) in [7, 11) is 0. The molecule has 0 spiro atoms. The van der Waals surface area contributed by atoms with E-state index in [-0.39, 0.29) is 18.4 Å². The molecule has 1 atom stereocenters. The molecule has 5 heteroatoms. The molecule has 28 heavy (non-hydrogen) atoms. The number of likely N-dealkylation sites (N-methyl/N-ethyl adjacent to an activating group) is 1. The summed E-state index contributed by atoms with van der Waals surface area (Å²) in [5.41, 5.74) is 3.26. The zero-order valence-electron chi connectivity index (χ0n) is 17.2. The zero-order chi connectivity index (χ0) is 20.5. The summed E-state index contributed by atoms with van der Waals surface area (Å²) < 4.78 is 5.67. The highest BCUT2D eigenvalue weighted by Crippen LogP contribution is 2.15. The van der Waals surface area contributed by atoms with E-state index in [0.29, 0.717) is 25.3 Å². The van der Waals surface area contributed by atoms with Crippen LogP contribution in [0.5, 0.6) is 5.75 Å². The number of hydrogen-bond acceptors (Lipinski definition) is 3. The first-order chi connectivity index (χ1) is 13.4. The molecule has 0 aliphatic carbocycles. The van der Waals surface area contributed by atoms with Gasteiger partial charge in [0.25, 0.3) is 5.91 Å².